The number of carboxylic acids is 1. The molecule has 5 aromatic rings. The predicted molar refractivity (Wildman–Crippen MR) is 150 cm³/mol. The van der Waals surface area contributed by atoms with Gasteiger partial charge < -0.3 is 19.4 Å². The van der Waals surface area contributed by atoms with Gasteiger partial charge in [0.15, 0.2) is 0 Å². The maximum Gasteiger partial charge on any atom is 0.336 e. The van der Waals surface area contributed by atoms with Crippen molar-refractivity contribution in [2.75, 3.05) is 32.8 Å². The van der Waals surface area contributed by atoms with Gasteiger partial charge in [-0.1, -0.05) is 36.1 Å². The first-order valence-corrected chi connectivity index (χ1v) is 13.0. The molecule has 0 spiro atoms. The minimum absolute atomic E-state index is 0.243. The zero-order chi connectivity index (χ0) is 25.9. The van der Waals surface area contributed by atoms with Crippen LogP contribution in [0, 0.1) is 11.8 Å². The minimum atomic E-state index is -0.966. The number of benzene rings is 3. The van der Waals surface area contributed by atoms with Gasteiger partial charge in [0.25, 0.3) is 0 Å². The summed E-state index contributed by atoms with van der Waals surface area (Å²) in [5.41, 5.74) is 5.42. The zero-order valence-electron chi connectivity index (χ0n) is 21.1. The Morgan fingerprint density at radius 3 is 2.68 bits per heavy atom. The molecule has 1 saturated heterocycles. The second kappa shape index (κ2) is 10.6. The lowest BCUT2D eigenvalue weighted by Crippen LogP contribution is -2.37. The molecular weight excluding hydrogens is 474 g/mol. The molecule has 0 aliphatic carbocycles. The van der Waals surface area contributed by atoms with E-state index in [9.17, 15) is 9.90 Å². The standard InChI is InChI=1S/C32H29N3O3/c36-32(37)28-4-1-3-26(31(28)27-10-9-24-11-13-33-29(24)22-27)8-6-23-5-7-25-12-16-35(30(25)21-23)15-2-14-34-17-19-38-20-18-34/h1,3-5,7,9-13,16,21-22,33H,2,14-15,17-20H2,(H,36,37). The summed E-state index contributed by atoms with van der Waals surface area (Å²) in [6.07, 6.45) is 5.11. The average Bonchev–Trinajstić information content (AvgIpc) is 3.58. The third kappa shape index (κ3) is 4.95. The van der Waals surface area contributed by atoms with Gasteiger partial charge in [0.1, 0.15) is 0 Å². The van der Waals surface area contributed by atoms with E-state index < -0.39 is 5.97 Å². The number of H-pyrrole nitrogens is 1. The van der Waals surface area contributed by atoms with Crippen LogP contribution in [0.15, 0.2) is 79.1 Å². The van der Waals surface area contributed by atoms with Crippen LogP contribution in [0.25, 0.3) is 32.9 Å². The van der Waals surface area contributed by atoms with E-state index in [1.165, 1.54) is 5.39 Å². The second-order valence-electron chi connectivity index (χ2n) is 9.65. The van der Waals surface area contributed by atoms with E-state index in [2.05, 4.69) is 50.7 Å². The average molecular weight is 504 g/mol. The molecule has 0 bridgehead atoms. The van der Waals surface area contributed by atoms with Crippen LogP contribution in [0.1, 0.15) is 27.9 Å². The molecule has 0 radical (unpaired) electrons. The van der Waals surface area contributed by atoms with Crippen LogP contribution >= 0.6 is 0 Å². The lowest BCUT2D eigenvalue weighted by Gasteiger charge is -2.26. The molecule has 190 valence electrons. The van der Waals surface area contributed by atoms with Gasteiger partial charge in [0.05, 0.1) is 18.8 Å². The van der Waals surface area contributed by atoms with E-state index in [1.54, 1.807) is 12.1 Å². The molecule has 6 heteroatoms. The molecule has 0 saturated carbocycles. The Morgan fingerprint density at radius 1 is 0.947 bits per heavy atom. The van der Waals surface area contributed by atoms with Crippen LogP contribution in [-0.2, 0) is 11.3 Å². The maximum atomic E-state index is 12.1. The van der Waals surface area contributed by atoms with E-state index >= 15 is 0 Å². The molecule has 3 aromatic carbocycles. The summed E-state index contributed by atoms with van der Waals surface area (Å²) >= 11 is 0. The van der Waals surface area contributed by atoms with Gasteiger partial charge >= 0.3 is 5.97 Å². The van der Waals surface area contributed by atoms with Gasteiger partial charge in [-0.05, 0) is 65.2 Å². The molecule has 38 heavy (non-hydrogen) atoms. The molecule has 0 amide bonds. The molecule has 2 N–H and O–H groups in total. The number of aromatic nitrogens is 2. The molecular formula is C32H29N3O3. The number of nitrogens with one attached hydrogen (secondary N) is 1. The zero-order valence-corrected chi connectivity index (χ0v) is 21.1. The van der Waals surface area contributed by atoms with E-state index in [-0.39, 0.29) is 5.56 Å². The number of aromatic carboxylic acids is 1. The smallest absolute Gasteiger partial charge is 0.336 e. The molecule has 1 aliphatic heterocycles. The van der Waals surface area contributed by atoms with Crippen molar-refractivity contribution >= 4 is 27.8 Å². The summed E-state index contributed by atoms with van der Waals surface area (Å²) in [6, 6.07) is 21.6. The molecule has 1 fully saturated rings. The van der Waals surface area contributed by atoms with E-state index in [4.69, 9.17) is 4.74 Å². The number of hydrogen-bond donors (Lipinski definition) is 2. The highest BCUT2D eigenvalue weighted by molar-refractivity contribution is 5.99. The van der Waals surface area contributed by atoms with Gasteiger partial charge in [0.2, 0.25) is 0 Å². The van der Waals surface area contributed by atoms with E-state index in [0.717, 1.165) is 73.4 Å². The second-order valence-corrected chi connectivity index (χ2v) is 9.65. The van der Waals surface area contributed by atoms with E-state index in [0.29, 0.717) is 11.1 Å². The molecule has 6 nitrogen and oxygen atoms in total. The summed E-state index contributed by atoms with van der Waals surface area (Å²) < 4.78 is 7.75. The molecule has 0 atom stereocenters. The summed E-state index contributed by atoms with van der Waals surface area (Å²) in [5, 5.41) is 12.2. The molecule has 6 rings (SSSR count). The Hall–Kier alpha value is -4.31. The number of morpholine rings is 1. The van der Waals surface area contributed by atoms with Crippen molar-refractivity contribution in [2.24, 2.45) is 0 Å². The van der Waals surface area contributed by atoms with Gasteiger partial charge in [-0.3, -0.25) is 4.90 Å². The monoisotopic (exact) mass is 503 g/mol. The van der Waals surface area contributed by atoms with Gasteiger partial charge in [-0.15, -0.1) is 0 Å². The number of aromatic amines is 1. The Bertz CT molecular complexity index is 1680. The first kappa shape index (κ1) is 24.1. The number of carboxylic acid groups (broad SMARTS) is 1. The highest BCUT2D eigenvalue weighted by atomic mass is 16.5. The maximum absolute atomic E-state index is 12.1. The Labute approximate surface area is 221 Å². The summed E-state index contributed by atoms with van der Waals surface area (Å²) in [7, 11) is 0. The van der Waals surface area contributed by atoms with Crippen molar-refractivity contribution in [2.45, 2.75) is 13.0 Å². The number of nitrogens with zero attached hydrogens (tertiary/aromatic N) is 2. The number of ether oxygens (including phenoxy) is 1. The Morgan fingerprint density at radius 2 is 1.82 bits per heavy atom. The fourth-order valence-electron chi connectivity index (χ4n) is 5.23. The van der Waals surface area contributed by atoms with Gasteiger partial charge in [0, 0.05) is 66.3 Å². The van der Waals surface area contributed by atoms with Gasteiger partial charge in [-0.2, -0.15) is 0 Å². The predicted octanol–water partition coefficient (Wildman–Crippen LogP) is 5.61. The normalized spacial score (nSPS) is 14.0. The number of fused-ring (bicyclic) bond motifs is 2. The number of hydrogen-bond acceptors (Lipinski definition) is 3. The van der Waals surface area contributed by atoms with Crippen molar-refractivity contribution < 1.29 is 14.6 Å². The Balaban J connectivity index is 1.30. The Kier molecular flexibility index (Phi) is 6.70. The lowest BCUT2D eigenvalue weighted by atomic mass is 9.93. The van der Waals surface area contributed by atoms with Crippen molar-refractivity contribution in [1.82, 2.24) is 14.5 Å². The third-order valence-electron chi connectivity index (χ3n) is 7.23. The van der Waals surface area contributed by atoms with Crippen LogP contribution < -0.4 is 0 Å². The highest BCUT2D eigenvalue weighted by Crippen LogP contribution is 2.30. The molecule has 1 aliphatic rings. The lowest BCUT2D eigenvalue weighted by molar-refractivity contribution is 0.0369. The van der Waals surface area contributed by atoms with Crippen LogP contribution in [0.3, 0.4) is 0 Å². The van der Waals surface area contributed by atoms with Crippen LogP contribution in [-0.4, -0.2) is 58.4 Å². The SMILES string of the molecule is O=C(O)c1cccc(C#Cc2ccc3ccn(CCCN4CCOCC4)c3c2)c1-c1ccc2cc[nH]c2c1. The highest BCUT2D eigenvalue weighted by Gasteiger charge is 2.16. The van der Waals surface area contributed by atoms with Crippen LogP contribution in [0.5, 0.6) is 0 Å². The van der Waals surface area contributed by atoms with Crippen molar-refractivity contribution in [3.8, 4) is 23.0 Å². The van der Waals surface area contributed by atoms with Crippen LogP contribution in [0.2, 0.25) is 0 Å². The first-order chi connectivity index (χ1) is 18.7. The topological polar surface area (TPSA) is 70.5 Å². The van der Waals surface area contributed by atoms with Crippen molar-refractivity contribution in [1.29, 1.82) is 0 Å². The summed E-state index contributed by atoms with van der Waals surface area (Å²) in [6.45, 7) is 5.69. The fourth-order valence-corrected chi connectivity index (χ4v) is 5.23. The molecule has 2 aromatic heterocycles. The summed E-state index contributed by atoms with van der Waals surface area (Å²) in [5.74, 6) is 5.61. The number of aryl methyl sites for hydroxylation is 1. The summed E-state index contributed by atoms with van der Waals surface area (Å²) in [4.78, 5) is 17.8. The van der Waals surface area contributed by atoms with Crippen molar-refractivity contribution in [3.05, 3.63) is 95.8 Å². The van der Waals surface area contributed by atoms with Gasteiger partial charge in [-0.25, -0.2) is 4.79 Å². The largest absolute Gasteiger partial charge is 0.478 e. The number of rotatable bonds is 6. The van der Waals surface area contributed by atoms with Crippen molar-refractivity contribution in [3.63, 3.8) is 0 Å². The van der Waals surface area contributed by atoms with E-state index in [1.807, 2.05) is 42.6 Å². The fraction of sp³-hybridized carbons (Fsp3) is 0.219. The first-order valence-electron chi connectivity index (χ1n) is 13.0. The molecule has 3 heterocycles. The number of carbonyl (C=O) groups is 1. The molecule has 0 unspecified atom stereocenters. The van der Waals surface area contributed by atoms with Crippen LogP contribution in [0.4, 0.5) is 0 Å². The third-order valence-corrected chi connectivity index (χ3v) is 7.23. The quantitative estimate of drug-likeness (QED) is 0.296. The minimum Gasteiger partial charge on any atom is -0.478 e.